The number of quaternary nitrogens is 2. The van der Waals surface area contributed by atoms with Gasteiger partial charge in [0.15, 0.2) is 19.1 Å². The fraction of sp³-hybridized carbons (Fsp3) is 0.429. The van der Waals surface area contributed by atoms with Crippen molar-refractivity contribution in [3.63, 3.8) is 0 Å². The van der Waals surface area contributed by atoms with Gasteiger partial charge in [0.2, 0.25) is 6.04 Å². The SMILES string of the molecule is C[N+]12CC[N+](F)(CC1)[C@@H](c1ccc(C(F)(F)F)cc1)[C@@H]2c1ccc(C(F)(F)F)cc1. The molecule has 3 aliphatic rings. The van der Waals surface area contributed by atoms with Crippen molar-refractivity contribution in [1.82, 2.24) is 0 Å². The number of alkyl halides is 6. The molecule has 0 saturated carbocycles. The van der Waals surface area contributed by atoms with E-state index in [9.17, 15) is 26.3 Å². The lowest BCUT2D eigenvalue weighted by atomic mass is 9.83. The number of nitrogens with zero attached hydrogens (tertiary/aromatic N) is 2. The van der Waals surface area contributed by atoms with Crippen molar-refractivity contribution >= 4 is 0 Å². The van der Waals surface area contributed by atoms with Gasteiger partial charge in [-0.25, -0.2) is 0 Å². The summed E-state index contributed by atoms with van der Waals surface area (Å²) in [5.74, 6) is 0. The van der Waals surface area contributed by atoms with Gasteiger partial charge in [-0.1, -0.05) is 24.3 Å². The first-order chi connectivity index (χ1) is 13.8. The third kappa shape index (κ3) is 3.47. The van der Waals surface area contributed by atoms with Crippen molar-refractivity contribution in [2.45, 2.75) is 24.4 Å². The van der Waals surface area contributed by atoms with Crippen LogP contribution in [0, 0.1) is 0 Å². The van der Waals surface area contributed by atoms with Crippen LogP contribution in [0.4, 0.5) is 30.8 Å². The Morgan fingerprint density at radius 3 is 1.37 bits per heavy atom. The maximum atomic E-state index is 15.9. The van der Waals surface area contributed by atoms with Crippen molar-refractivity contribution in [2.75, 3.05) is 33.2 Å². The summed E-state index contributed by atoms with van der Waals surface area (Å²) in [7, 11) is 1.93. The quantitative estimate of drug-likeness (QED) is 0.324. The van der Waals surface area contributed by atoms with Gasteiger partial charge in [-0.3, -0.25) is 0 Å². The highest BCUT2D eigenvalue weighted by atomic mass is 19.4. The number of rotatable bonds is 2. The molecule has 3 aliphatic heterocycles. The molecule has 2 nitrogen and oxygen atoms in total. The Balaban J connectivity index is 1.78. The van der Waals surface area contributed by atoms with E-state index in [-0.39, 0.29) is 13.1 Å². The van der Waals surface area contributed by atoms with E-state index >= 15 is 4.48 Å². The maximum Gasteiger partial charge on any atom is 0.416 e. The smallest absolute Gasteiger partial charge is 0.305 e. The second-order valence-electron chi connectivity index (χ2n) is 8.43. The molecule has 162 valence electrons. The summed E-state index contributed by atoms with van der Waals surface area (Å²) in [5, 5.41) is 0. The molecule has 3 saturated heterocycles. The Labute approximate surface area is 169 Å². The van der Waals surface area contributed by atoms with Gasteiger partial charge in [0.1, 0.15) is 13.1 Å². The minimum atomic E-state index is -4.50. The van der Waals surface area contributed by atoms with Gasteiger partial charge in [-0.05, 0) is 28.7 Å². The average Bonchev–Trinajstić information content (AvgIpc) is 2.67. The van der Waals surface area contributed by atoms with Crippen molar-refractivity contribution < 1.29 is 40.0 Å². The van der Waals surface area contributed by atoms with Crippen molar-refractivity contribution in [2.24, 2.45) is 0 Å². The van der Waals surface area contributed by atoms with Gasteiger partial charge in [0.25, 0.3) is 0 Å². The Kier molecular flexibility index (Phi) is 4.70. The number of fused-ring (bicyclic) bond motifs is 3. The molecule has 9 heteroatoms. The van der Waals surface area contributed by atoms with Crippen molar-refractivity contribution in [3.8, 4) is 0 Å². The van der Waals surface area contributed by atoms with Gasteiger partial charge in [0, 0.05) is 11.1 Å². The van der Waals surface area contributed by atoms with Crippen LogP contribution >= 0.6 is 0 Å². The minimum absolute atomic E-state index is 0.208. The first-order valence-electron chi connectivity index (χ1n) is 9.58. The highest BCUT2D eigenvalue weighted by molar-refractivity contribution is 5.32. The average molecular weight is 434 g/mol. The zero-order valence-electron chi connectivity index (χ0n) is 16.1. The summed E-state index contributed by atoms with van der Waals surface area (Å²) in [4.78, 5) is 0. The number of likely N-dealkylation sites (N-methyl/N-ethyl adjacent to an activating group) is 1. The van der Waals surface area contributed by atoms with E-state index in [2.05, 4.69) is 0 Å². The molecule has 30 heavy (non-hydrogen) atoms. The fourth-order valence-corrected chi connectivity index (χ4v) is 4.89. The number of halogens is 7. The van der Waals surface area contributed by atoms with Gasteiger partial charge in [-0.15, -0.1) is 4.71 Å². The Hall–Kier alpha value is -2.13. The summed E-state index contributed by atoms with van der Waals surface area (Å²) in [5.41, 5.74) is -0.645. The third-order valence-electron chi connectivity index (χ3n) is 6.59. The molecular formula is C21H21F7N2+2. The molecule has 3 heterocycles. The Bertz CT molecular complexity index is 831. The van der Waals surface area contributed by atoms with E-state index in [1.807, 2.05) is 7.05 Å². The van der Waals surface area contributed by atoms with Crippen LogP contribution in [0.2, 0.25) is 0 Å². The molecular weight excluding hydrogens is 413 g/mol. The topological polar surface area (TPSA) is 0 Å². The summed E-state index contributed by atoms with van der Waals surface area (Å²) in [6, 6.07) is 7.83. The van der Waals surface area contributed by atoms with E-state index in [4.69, 9.17) is 0 Å². The van der Waals surface area contributed by atoms with Gasteiger partial charge in [0.05, 0.1) is 18.2 Å². The van der Waals surface area contributed by atoms with Crippen LogP contribution in [0.3, 0.4) is 0 Å². The van der Waals surface area contributed by atoms with E-state index in [0.717, 1.165) is 24.3 Å². The van der Waals surface area contributed by atoms with Crippen LogP contribution in [-0.4, -0.2) is 42.4 Å². The van der Waals surface area contributed by atoms with E-state index in [0.29, 0.717) is 28.7 Å². The van der Waals surface area contributed by atoms with Crippen LogP contribution < -0.4 is 0 Å². The minimum Gasteiger partial charge on any atom is -0.305 e. The largest absolute Gasteiger partial charge is 0.416 e. The van der Waals surface area contributed by atoms with Crippen LogP contribution in [0.5, 0.6) is 0 Å². The number of benzene rings is 2. The van der Waals surface area contributed by atoms with Crippen LogP contribution in [0.1, 0.15) is 34.3 Å². The summed E-state index contributed by atoms with van der Waals surface area (Å²) in [6.45, 7) is 1.41. The number of hydrogen-bond acceptors (Lipinski definition) is 0. The monoisotopic (exact) mass is 434 g/mol. The molecule has 0 spiro atoms. The van der Waals surface area contributed by atoms with Crippen molar-refractivity contribution in [3.05, 3.63) is 70.8 Å². The Morgan fingerprint density at radius 2 is 1.00 bits per heavy atom. The molecule has 0 unspecified atom stereocenters. The molecule has 0 aliphatic carbocycles. The van der Waals surface area contributed by atoms with Crippen LogP contribution in [0.25, 0.3) is 0 Å². The molecule has 2 atom stereocenters. The predicted octanol–water partition coefficient (Wildman–Crippen LogP) is 5.68. The normalized spacial score (nSPS) is 31.7. The molecule has 0 N–H and O–H groups in total. The highest BCUT2D eigenvalue weighted by Gasteiger charge is 2.63. The lowest BCUT2D eigenvalue weighted by molar-refractivity contribution is -1.18. The summed E-state index contributed by atoms with van der Waals surface area (Å²) >= 11 is 0. The van der Waals surface area contributed by atoms with Crippen LogP contribution in [0.15, 0.2) is 48.5 Å². The molecule has 0 radical (unpaired) electrons. The summed E-state index contributed by atoms with van der Waals surface area (Å²) < 4.78 is 93.3. The van der Waals surface area contributed by atoms with Gasteiger partial charge in [-0.2, -0.15) is 26.3 Å². The van der Waals surface area contributed by atoms with Crippen molar-refractivity contribution in [1.29, 1.82) is 0 Å². The molecule has 2 aromatic rings. The zero-order chi connectivity index (χ0) is 21.9. The second kappa shape index (κ2) is 6.68. The predicted molar refractivity (Wildman–Crippen MR) is 95.4 cm³/mol. The number of piperazine rings is 3. The zero-order valence-corrected chi connectivity index (χ0v) is 16.1. The second-order valence-corrected chi connectivity index (χ2v) is 8.43. The van der Waals surface area contributed by atoms with Gasteiger partial charge >= 0.3 is 12.4 Å². The first kappa shape index (κ1) is 21.1. The fourth-order valence-electron chi connectivity index (χ4n) is 4.89. The Morgan fingerprint density at radius 1 is 0.633 bits per heavy atom. The highest BCUT2D eigenvalue weighted by Crippen LogP contribution is 2.53. The van der Waals surface area contributed by atoms with Gasteiger partial charge < -0.3 is 4.48 Å². The molecule has 3 fully saturated rings. The first-order valence-corrected chi connectivity index (χ1v) is 9.58. The van der Waals surface area contributed by atoms with E-state index in [1.54, 1.807) is 0 Å². The standard InChI is InChI=1S/C21H21F7N2/c1-29-10-12-30(28,13-11-29)19(15-4-8-17(9-5-15)21(25,26)27)18(29)14-2-6-16(7-3-14)20(22,23)24/h2-9,18-19H,10-13H2,1H3/q+2/t18-,19-,29?,30?/m0/s1. The molecule has 5 rings (SSSR count). The third-order valence-corrected chi connectivity index (χ3v) is 6.59. The molecule has 2 aromatic carbocycles. The molecule has 0 amide bonds. The van der Waals surface area contributed by atoms with Crippen LogP contribution in [-0.2, 0) is 12.4 Å². The number of hydrogen-bond donors (Lipinski definition) is 0. The lowest BCUT2D eigenvalue weighted by Crippen LogP contribution is -2.72. The summed E-state index contributed by atoms with van der Waals surface area (Å²) in [6.07, 6.45) is -8.98. The van der Waals surface area contributed by atoms with E-state index in [1.165, 1.54) is 24.3 Å². The lowest BCUT2D eigenvalue weighted by Gasteiger charge is -2.57. The van der Waals surface area contributed by atoms with E-state index < -0.39 is 40.3 Å². The molecule has 0 aromatic heterocycles. The molecule has 2 bridgehead atoms. The maximum absolute atomic E-state index is 15.9.